The van der Waals surface area contributed by atoms with Crippen molar-refractivity contribution in [2.75, 3.05) is 25.0 Å². The fraction of sp³-hybridized carbons (Fsp3) is 0.357. The van der Waals surface area contributed by atoms with Gasteiger partial charge >= 0.3 is 0 Å². The number of aromatic nitrogens is 3. The predicted octanol–water partition coefficient (Wildman–Crippen LogP) is 1.47. The number of nitrogens with one attached hydrogen (secondary N) is 2. The molecule has 0 atom stereocenters. The van der Waals surface area contributed by atoms with E-state index >= 15 is 0 Å². The molecule has 0 spiro atoms. The molecule has 2 heterocycles. The smallest absolute Gasteiger partial charge is 0.222 e. The molecule has 2 aromatic heterocycles. The highest BCUT2D eigenvalue weighted by Gasteiger charge is 1.97. The monoisotopic (exact) mass is 273 g/mol. The molecule has 106 valence electrons. The van der Waals surface area contributed by atoms with Crippen LogP contribution >= 0.6 is 0 Å². The van der Waals surface area contributed by atoms with E-state index in [9.17, 15) is 0 Å². The summed E-state index contributed by atoms with van der Waals surface area (Å²) in [5.41, 5.74) is 1.05. The Morgan fingerprint density at radius 1 is 1.15 bits per heavy atom. The average molecular weight is 273 g/mol. The topological polar surface area (TPSA) is 72.0 Å². The second-order valence-corrected chi connectivity index (χ2v) is 4.14. The largest absolute Gasteiger partial charge is 0.476 e. The first-order valence-electron chi connectivity index (χ1n) is 6.68. The van der Waals surface area contributed by atoms with Crippen LogP contribution in [-0.2, 0) is 6.54 Å². The maximum atomic E-state index is 5.48. The zero-order chi connectivity index (χ0) is 14.0. The van der Waals surface area contributed by atoms with E-state index in [0.717, 1.165) is 25.2 Å². The van der Waals surface area contributed by atoms with Crippen molar-refractivity contribution in [2.24, 2.45) is 0 Å². The van der Waals surface area contributed by atoms with Crippen LogP contribution in [0, 0.1) is 0 Å². The lowest BCUT2D eigenvalue weighted by molar-refractivity contribution is 0.302. The lowest BCUT2D eigenvalue weighted by Crippen LogP contribution is -2.21. The van der Waals surface area contributed by atoms with Gasteiger partial charge in [-0.2, -0.15) is 0 Å². The van der Waals surface area contributed by atoms with Crippen LogP contribution in [0.4, 0.5) is 5.95 Å². The standard InChI is InChI=1S/C14H19N5O/c1-2-16-14-18-10-12(11-19-14)9-15-7-8-20-13-5-3-4-6-17-13/h3-6,10-11,15H,2,7-9H2,1H3,(H,16,18,19). The number of ether oxygens (including phenoxy) is 1. The van der Waals surface area contributed by atoms with Gasteiger partial charge in [0, 0.05) is 49.9 Å². The lowest BCUT2D eigenvalue weighted by Gasteiger charge is -2.07. The zero-order valence-electron chi connectivity index (χ0n) is 11.5. The van der Waals surface area contributed by atoms with Gasteiger partial charge in [0.05, 0.1) is 0 Å². The van der Waals surface area contributed by atoms with Gasteiger partial charge in [-0.05, 0) is 13.0 Å². The molecule has 0 saturated heterocycles. The third-order valence-electron chi connectivity index (χ3n) is 2.54. The predicted molar refractivity (Wildman–Crippen MR) is 77.6 cm³/mol. The number of nitrogens with zero attached hydrogens (tertiary/aromatic N) is 3. The fourth-order valence-electron chi connectivity index (χ4n) is 1.59. The highest BCUT2D eigenvalue weighted by molar-refractivity contribution is 5.24. The minimum Gasteiger partial charge on any atom is -0.476 e. The summed E-state index contributed by atoms with van der Waals surface area (Å²) in [6.07, 6.45) is 5.35. The molecule has 20 heavy (non-hydrogen) atoms. The Hall–Kier alpha value is -2.21. The molecule has 0 aliphatic rings. The highest BCUT2D eigenvalue weighted by atomic mass is 16.5. The Kier molecular flexibility index (Phi) is 5.72. The highest BCUT2D eigenvalue weighted by Crippen LogP contribution is 2.02. The van der Waals surface area contributed by atoms with E-state index < -0.39 is 0 Å². The third kappa shape index (κ3) is 4.81. The molecule has 0 aliphatic carbocycles. The van der Waals surface area contributed by atoms with Crippen molar-refractivity contribution in [2.45, 2.75) is 13.5 Å². The molecular weight excluding hydrogens is 254 g/mol. The van der Waals surface area contributed by atoms with Crippen molar-refractivity contribution in [1.82, 2.24) is 20.3 Å². The van der Waals surface area contributed by atoms with E-state index in [1.54, 1.807) is 6.20 Å². The van der Waals surface area contributed by atoms with E-state index in [0.29, 0.717) is 18.4 Å². The lowest BCUT2D eigenvalue weighted by atomic mass is 10.3. The molecule has 0 fully saturated rings. The normalized spacial score (nSPS) is 10.2. The second kappa shape index (κ2) is 8.06. The molecule has 0 unspecified atom stereocenters. The van der Waals surface area contributed by atoms with Crippen LogP contribution in [0.15, 0.2) is 36.8 Å². The van der Waals surface area contributed by atoms with Crippen LogP contribution in [0.2, 0.25) is 0 Å². The summed E-state index contributed by atoms with van der Waals surface area (Å²) in [7, 11) is 0. The molecule has 2 N–H and O–H groups in total. The number of pyridine rings is 1. The third-order valence-corrected chi connectivity index (χ3v) is 2.54. The van der Waals surface area contributed by atoms with Crippen molar-refractivity contribution in [3.63, 3.8) is 0 Å². The van der Waals surface area contributed by atoms with E-state index in [1.165, 1.54) is 0 Å². The van der Waals surface area contributed by atoms with E-state index in [-0.39, 0.29) is 0 Å². The molecule has 2 aromatic rings. The first kappa shape index (κ1) is 14.2. The zero-order valence-corrected chi connectivity index (χ0v) is 11.5. The molecule has 6 nitrogen and oxygen atoms in total. The van der Waals surface area contributed by atoms with Crippen LogP contribution in [0.3, 0.4) is 0 Å². The van der Waals surface area contributed by atoms with Crippen molar-refractivity contribution in [3.8, 4) is 5.88 Å². The van der Waals surface area contributed by atoms with Crippen LogP contribution in [-0.4, -0.2) is 34.6 Å². The van der Waals surface area contributed by atoms with Gasteiger partial charge in [0.25, 0.3) is 0 Å². The minimum atomic E-state index is 0.577. The average Bonchev–Trinajstić information content (AvgIpc) is 2.50. The maximum absolute atomic E-state index is 5.48. The first-order valence-corrected chi connectivity index (χ1v) is 6.68. The number of rotatable bonds is 8. The summed E-state index contributed by atoms with van der Waals surface area (Å²) in [5.74, 6) is 1.31. The SMILES string of the molecule is CCNc1ncc(CNCCOc2ccccn2)cn1. The van der Waals surface area contributed by atoms with Crippen LogP contribution in [0.25, 0.3) is 0 Å². The van der Waals surface area contributed by atoms with Crippen molar-refractivity contribution in [3.05, 3.63) is 42.4 Å². The van der Waals surface area contributed by atoms with Gasteiger partial charge in [-0.15, -0.1) is 0 Å². The Balaban J connectivity index is 1.63. The molecule has 0 amide bonds. The molecule has 0 saturated carbocycles. The van der Waals surface area contributed by atoms with Gasteiger partial charge in [0.15, 0.2) is 0 Å². The Morgan fingerprint density at radius 3 is 2.70 bits per heavy atom. The van der Waals surface area contributed by atoms with Gasteiger partial charge in [0.2, 0.25) is 11.8 Å². The maximum Gasteiger partial charge on any atom is 0.222 e. The molecule has 0 aliphatic heterocycles. The molecule has 0 radical (unpaired) electrons. The summed E-state index contributed by atoms with van der Waals surface area (Å²) < 4.78 is 5.48. The summed E-state index contributed by atoms with van der Waals surface area (Å²) >= 11 is 0. The molecular formula is C14H19N5O. The number of anilines is 1. The summed E-state index contributed by atoms with van der Waals surface area (Å²) in [6.45, 7) is 4.87. The minimum absolute atomic E-state index is 0.577. The van der Waals surface area contributed by atoms with Crippen LogP contribution in [0.1, 0.15) is 12.5 Å². The van der Waals surface area contributed by atoms with Gasteiger partial charge in [-0.1, -0.05) is 6.07 Å². The second-order valence-electron chi connectivity index (χ2n) is 4.14. The van der Waals surface area contributed by atoms with Crippen molar-refractivity contribution < 1.29 is 4.74 Å². The molecule has 6 heteroatoms. The van der Waals surface area contributed by atoms with Gasteiger partial charge in [0.1, 0.15) is 6.61 Å². The van der Waals surface area contributed by atoms with E-state index in [1.807, 2.05) is 37.5 Å². The first-order chi connectivity index (χ1) is 9.88. The summed E-state index contributed by atoms with van der Waals surface area (Å²) in [6, 6.07) is 5.61. The van der Waals surface area contributed by atoms with Gasteiger partial charge in [-0.3, -0.25) is 0 Å². The van der Waals surface area contributed by atoms with Crippen molar-refractivity contribution >= 4 is 5.95 Å². The van der Waals surface area contributed by atoms with E-state index in [2.05, 4.69) is 25.6 Å². The Bertz CT molecular complexity index is 489. The Morgan fingerprint density at radius 2 is 2.00 bits per heavy atom. The van der Waals surface area contributed by atoms with Gasteiger partial charge < -0.3 is 15.4 Å². The Labute approximate surface area is 118 Å². The number of hydrogen-bond acceptors (Lipinski definition) is 6. The quantitative estimate of drug-likeness (QED) is 0.710. The van der Waals surface area contributed by atoms with E-state index in [4.69, 9.17) is 4.74 Å². The van der Waals surface area contributed by atoms with Gasteiger partial charge in [-0.25, -0.2) is 15.0 Å². The van der Waals surface area contributed by atoms with Crippen LogP contribution in [0.5, 0.6) is 5.88 Å². The molecule has 0 bridgehead atoms. The fourth-order valence-corrected chi connectivity index (χ4v) is 1.59. The molecule has 2 rings (SSSR count). The molecule has 0 aromatic carbocycles. The van der Waals surface area contributed by atoms with Crippen LogP contribution < -0.4 is 15.4 Å². The summed E-state index contributed by atoms with van der Waals surface area (Å²) in [5, 5.41) is 6.33. The number of hydrogen-bond donors (Lipinski definition) is 2. The summed E-state index contributed by atoms with van der Waals surface area (Å²) in [4.78, 5) is 12.5. The van der Waals surface area contributed by atoms with Crippen molar-refractivity contribution in [1.29, 1.82) is 0 Å².